The standard InChI is InChI=1S/C18H20N6O/c1-12-20-21-16-10-22(8-9-23(12)16)17(25)11-24-15-5-3-2-4-14(15)19-18(24)13-6-7-13/h2-5,13H,6-11H2,1H3. The Morgan fingerprint density at radius 1 is 1.20 bits per heavy atom. The first-order valence-corrected chi connectivity index (χ1v) is 8.82. The molecule has 0 atom stereocenters. The molecule has 1 aliphatic heterocycles. The van der Waals surface area contributed by atoms with E-state index in [0.717, 1.165) is 35.1 Å². The highest BCUT2D eigenvalue weighted by Crippen LogP contribution is 2.40. The zero-order chi connectivity index (χ0) is 17.0. The summed E-state index contributed by atoms with van der Waals surface area (Å²) in [6, 6.07) is 8.08. The summed E-state index contributed by atoms with van der Waals surface area (Å²) in [7, 11) is 0. The predicted octanol–water partition coefficient (Wildman–Crippen LogP) is 1.86. The molecule has 1 amide bonds. The number of imidazole rings is 1. The van der Waals surface area contributed by atoms with Crippen molar-refractivity contribution in [2.24, 2.45) is 0 Å². The first-order valence-electron chi connectivity index (χ1n) is 8.82. The number of hydrogen-bond donors (Lipinski definition) is 0. The molecular weight excluding hydrogens is 316 g/mol. The highest BCUT2D eigenvalue weighted by molar-refractivity contribution is 5.81. The Bertz CT molecular complexity index is 967. The molecule has 7 nitrogen and oxygen atoms in total. The van der Waals surface area contributed by atoms with Crippen LogP contribution in [0.15, 0.2) is 24.3 Å². The molecule has 128 valence electrons. The summed E-state index contributed by atoms with van der Waals surface area (Å²) in [5, 5.41) is 8.31. The number of hydrogen-bond acceptors (Lipinski definition) is 4. The van der Waals surface area contributed by atoms with Crippen molar-refractivity contribution < 1.29 is 4.79 Å². The van der Waals surface area contributed by atoms with Crippen LogP contribution in [0.4, 0.5) is 0 Å². The lowest BCUT2D eigenvalue weighted by atomic mass is 10.3. The third-order valence-corrected chi connectivity index (χ3v) is 5.21. The molecule has 3 aromatic rings. The number of amides is 1. The van der Waals surface area contributed by atoms with Crippen molar-refractivity contribution in [3.8, 4) is 0 Å². The molecular formula is C18H20N6O. The van der Waals surface area contributed by atoms with E-state index in [4.69, 9.17) is 4.98 Å². The second-order valence-electron chi connectivity index (χ2n) is 6.95. The third kappa shape index (κ3) is 2.42. The van der Waals surface area contributed by atoms with E-state index < -0.39 is 0 Å². The van der Waals surface area contributed by atoms with E-state index in [1.807, 2.05) is 30.0 Å². The molecule has 1 fully saturated rings. The smallest absolute Gasteiger partial charge is 0.243 e. The summed E-state index contributed by atoms with van der Waals surface area (Å²) in [4.78, 5) is 19.6. The minimum atomic E-state index is 0.122. The van der Waals surface area contributed by atoms with Gasteiger partial charge >= 0.3 is 0 Å². The van der Waals surface area contributed by atoms with Crippen molar-refractivity contribution in [3.05, 3.63) is 41.7 Å². The number of rotatable bonds is 3. The van der Waals surface area contributed by atoms with Crippen molar-refractivity contribution in [3.63, 3.8) is 0 Å². The highest BCUT2D eigenvalue weighted by Gasteiger charge is 2.31. The Balaban J connectivity index is 1.43. The number of aryl methyl sites for hydroxylation is 1. The van der Waals surface area contributed by atoms with Crippen LogP contribution < -0.4 is 0 Å². The van der Waals surface area contributed by atoms with Gasteiger partial charge in [-0.3, -0.25) is 4.79 Å². The van der Waals surface area contributed by atoms with E-state index in [0.29, 0.717) is 25.6 Å². The van der Waals surface area contributed by atoms with Gasteiger partial charge in [0.2, 0.25) is 5.91 Å². The van der Waals surface area contributed by atoms with Crippen LogP contribution in [0.25, 0.3) is 11.0 Å². The van der Waals surface area contributed by atoms with Gasteiger partial charge in [-0.05, 0) is 31.9 Å². The second-order valence-corrected chi connectivity index (χ2v) is 6.95. The Morgan fingerprint density at radius 2 is 2.04 bits per heavy atom. The van der Waals surface area contributed by atoms with E-state index in [1.165, 1.54) is 12.8 Å². The SMILES string of the molecule is Cc1nnc2n1CCN(C(=O)Cn1c(C3CC3)nc3ccccc31)C2. The summed E-state index contributed by atoms with van der Waals surface area (Å²) in [6.45, 7) is 4.30. The van der Waals surface area contributed by atoms with E-state index in [1.54, 1.807) is 0 Å². The van der Waals surface area contributed by atoms with Gasteiger partial charge in [0.05, 0.1) is 17.6 Å². The molecule has 25 heavy (non-hydrogen) atoms. The number of nitrogens with zero attached hydrogens (tertiary/aromatic N) is 6. The normalized spacial score (nSPS) is 17.1. The zero-order valence-corrected chi connectivity index (χ0v) is 14.2. The number of carbonyl (C=O) groups is 1. The van der Waals surface area contributed by atoms with Crippen molar-refractivity contribution in [2.75, 3.05) is 6.54 Å². The molecule has 0 spiro atoms. The van der Waals surface area contributed by atoms with Crippen LogP contribution in [0.2, 0.25) is 0 Å². The molecule has 1 aliphatic carbocycles. The second kappa shape index (κ2) is 5.40. The summed E-state index contributed by atoms with van der Waals surface area (Å²) in [6.07, 6.45) is 2.34. The maximum absolute atomic E-state index is 12.9. The molecule has 2 aliphatic rings. The average molecular weight is 336 g/mol. The van der Waals surface area contributed by atoms with Crippen molar-refractivity contribution >= 4 is 16.9 Å². The Labute approximate surface area is 145 Å². The van der Waals surface area contributed by atoms with E-state index in [9.17, 15) is 4.79 Å². The number of fused-ring (bicyclic) bond motifs is 2. The minimum absolute atomic E-state index is 0.122. The molecule has 1 saturated carbocycles. The van der Waals surface area contributed by atoms with Gasteiger partial charge in [0.1, 0.15) is 18.2 Å². The Hall–Kier alpha value is -2.70. The fourth-order valence-corrected chi connectivity index (χ4v) is 3.66. The molecule has 0 saturated heterocycles. The van der Waals surface area contributed by atoms with Crippen molar-refractivity contribution in [1.82, 2.24) is 29.2 Å². The van der Waals surface area contributed by atoms with Gasteiger partial charge in [0.25, 0.3) is 0 Å². The van der Waals surface area contributed by atoms with Crippen LogP contribution in [0.5, 0.6) is 0 Å². The highest BCUT2D eigenvalue weighted by atomic mass is 16.2. The van der Waals surface area contributed by atoms with Crippen LogP contribution >= 0.6 is 0 Å². The Morgan fingerprint density at radius 3 is 2.88 bits per heavy atom. The quantitative estimate of drug-likeness (QED) is 0.732. The lowest BCUT2D eigenvalue weighted by molar-refractivity contribution is -0.133. The molecule has 1 aromatic carbocycles. The fourth-order valence-electron chi connectivity index (χ4n) is 3.66. The van der Waals surface area contributed by atoms with Gasteiger partial charge in [-0.15, -0.1) is 10.2 Å². The van der Waals surface area contributed by atoms with E-state index in [-0.39, 0.29) is 5.91 Å². The largest absolute Gasteiger partial charge is 0.332 e. The van der Waals surface area contributed by atoms with E-state index >= 15 is 0 Å². The minimum Gasteiger partial charge on any atom is -0.332 e. The fraction of sp³-hybridized carbons (Fsp3) is 0.444. The summed E-state index contributed by atoms with van der Waals surface area (Å²) in [5.74, 6) is 3.48. The number of benzene rings is 1. The molecule has 5 rings (SSSR count). The molecule has 0 N–H and O–H groups in total. The van der Waals surface area contributed by atoms with Crippen LogP contribution in [-0.4, -0.2) is 41.7 Å². The number of para-hydroxylation sites is 2. The van der Waals surface area contributed by atoms with Gasteiger partial charge in [-0.25, -0.2) is 4.98 Å². The maximum Gasteiger partial charge on any atom is 0.243 e. The molecule has 0 bridgehead atoms. The maximum atomic E-state index is 12.9. The van der Waals surface area contributed by atoms with Gasteiger partial charge in [-0.2, -0.15) is 0 Å². The summed E-state index contributed by atoms with van der Waals surface area (Å²) < 4.78 is 4.20. The number of aromatic nitrogens is 5. The lowest BCUT2D eigenvalue weighted by Gasteiger charge is -2.28. The monoisotopic (exact) mass is 336 g/mol. The molecule has 0 radical (unpaired) electrons. The van der Waals surface area contributed by atoms with Crippen LogP contribution in [0.1, 0.15) is 36.2 Å². The Kier molecular flexibility index (Phi) is 3.16. The first kappa shape index (κ1) is 14.6. The van der Waals surface area contributed by atoms with Crippen molar-refractivity contribution in [1.29, 1.82) is 0 Å². The van der Waals surface area contributed by atoms with Gasteiger partial charge in [-0.1, -0.05) is 12.1 Å². The summed E-state index contributed by atoms with van der Waals surface area (Å²) >= 11 is 0. The van der Waals surface area contributed by atoms with E-state index in [2.05, 4.69) is 25.4 Å². The average Bonchev–Trinajstić information content (AvgIpc) is 3.33. The van der Waals surface area contributed by atoms with Gasteiger partial charge < -0.3 is 14.0 Å². The van der Waals surface area contributed by atoms with Gasteiger partial charge in [0, 0.05) is 19.0 Å². The molecule has 0 unspecified atom stereocenters. The summed E-state index contributed by atoms with van der Waals surface area (Å²) in [5.41, 5.74) is 2.03. The third-order valence-electron chi connectivity index (χ3n) is 5.21. The zero-order valence-electron chi connectivity index (χ0n) is 14.2. The molecule has 7 heteroatoms. The molecule has 3 heterocycles. The van der Waals surface area contributed by atoms with Crippen LogP contribution in [0, 0.1) is 6.92 Å². The van der Waals surface area contributed by atoms with Crippen LogP contribution in [0.3, 0.4) is 0 Å². The topological polar surface area (TPSA) is 68.8 Å². The number of carbonyl (C=O) groups excluding carboxylic acids is 1. The molecule has 2 aromatic heterocycles. The first-order chi connectivity index (χ1) is 12.2. The van der Waals surface area contributed by atoms with Gasteiger partial charge in [0.15, 0.2) is 5.82 Å². The van der Waals surface area contributed by atoms with Crippen LogP contribution in [-0.2, 0) is 24.4 Å². The van der Waals surface area contributed by atoms with Crippen molar-refractivity contribution in [2.45, 2.75) is 45.3 Å². The lowest BCUT2D eigenvalue weighted by Crippen LogP contribution is -2.40. The predicted molar refractivity (Wildman–Crippen MR) is 91.9 cm³/mol.